The Morgan fingerprint density at radius 3 is 2.50 bits per heavy atom. The van der Waals surface area contributed by atoms with Gasteiger partial charge in [0.05, 0.1) is 6.20 Å². The summed E-state index contributed by atoms with van der Waals surface area (Å²) in [5.41, 5.74) is 2.19. The summed E-state index contributed by atoms with van der Waals surface area (Å²) in [6.07, 6.45) is 4.74. The van der Waals surface area contributed by atoms with Gasteiger partial charge in [-0.1, -0.05) is 42.5 Å². The molecule has 1 heteroatoms. The summed E-state index contributed by atoms with van der Waals surface area (Å²) in [7, 11) is 0. The van der Waals surface area contributed by atoms with Crippen LogP contribution in [0.1, 0.15) is 0 Å². The minimum Gasteiger partial charge on any atom is -0.254 e. The van der Waals surface area contributed by atoms with Crippen LogP contribution in [0.2, 0.25) is 0 Å². The molecule has 0 bridgehead atoms. The van der Waals surface area contributed by atoms with Crippen LogP contribution in [0.4, 0.5) is 0 Å². The highest BCUT2D eigenvalue weighted by molar-refractivity contribution is 5.87. The Hall–Kier alpha value is -2.15. The molecule has 0 aliphatic heterocycles. The van der Waals surface area contributed by atoms with Gasteiger partial charge in [0.1, 0.15) is 0 Å². The van der Waals surface area contributed by atoms with E-state index in [0.29, 0.717) is 0 Å². The quantitative estimate of drug-likeness (QED) is 0.589. The van der Waals surface area contributed by atoms with Crippen LogP contribution in [0, 0.1) is 6.20 Å². The van der Waals surface area contributed by atoms with Gasteiger partial charge < -0.3 is 0 Å². The fourth-order valence-corrected chi connectivity index (χ4v) is 1.84. The van der Waals surface area contributed by atoms with Crippen molar-refractivity contribution in [2.75, 3.05) is 0 Å². The van der Waals surface area contributed by atoms with Gasteiger partial charge in [-0.2, -0.15) is 0 Å². The molecule has 0 fully saturated rings. The van der Waals surface area contributed by atoms with Crippen molar-refractivity contribution in [2.24, 2.45) is 0 Å². The maximum atomic E-state index is 4.02. The van der Waals surface area contributed by atoms with E-state index in [-0.39, 0.29) is 0 Å². The largest absolute Gasteiger partial charge is 0.254 e. The minimum atomic E-state index is 1.04. The van der Waals surface area contributed by atoms with Gasteiger partial charge in [-0.15, -0.1) is 0 Å². The van der Waals surface area contributed by atoms with E-state index in [4.69, 9.17) is 0 Å². The van der Waals surface area contributed by atoms with E-state index in [1.807, 2.05) is 12.1 Å². The Morgan fingerprint density at radius 2 is 1.69 bits per heavy atom. The van der Waals surface area contributed by atoms with Crippen molar-refractivity contribution in [1.82, 2.24) is 4.98 Å². The zero-order valence-corrected chi connectivity index (χ0v) is 8.72. The Balaban J connectivity index is 2.19. The lowest BCUT2D eigenvalue weighted by atomic mass is 10.0. The van der Waals surface area contributed by atoms with Crippen molar-refractivity contribution in [3.05, 3.63) is 67.0 Å². The third-order valence-corrected chi connectivity index (χ3v) is 2.67. The van der Waals surface area contributed by atoms with Gasteiger partial charge in [0.2, 0.25) is 0 Å². The molecule has 1 nitrogen and oxygen atoms in total. The highest BCUT2D eigenvalue weighted by Gasteiger charge is 1.98. The second-order valence-electron chi connectivity index (χ2n) is 3.72. The number of fused-ring (bicyclic) bond motifs is 1. The van der Waals surface area contributed by atoms with Gasteiger partial charge in [-0.25, -0.2) is 0 Å². The van der Waals surface area contributed by atoms with Crippen LogP contribution in [0.5, 0.6) is 0 Å². The number of rotatable bonds is 1. The first-order chi connectivity index (χ1) is 7.93. The van der Waals surface area contributed by atoms with Crippen molar-refractivity contribution >= 4 is 10.8 Å². The summed E-state index contributed by atoms with van der Waals surface area (Å²) in [5.74, 6) is 0. The molecule has 0 saturated heterocycles. The second kappa shape index (κ2) is 3.78. The summed E-state index contributed by atoms with van der Waals surface area (Å²) in [6, 6.07) is 18.7. The van der Waals surface area contributed by atoms with E-state index in [1.165, 1.54) is 10.8 Å². The molecule has 1 heterocycles. The first kappa shape index (κ1) is 9.10. The van der Waals surface area contributed by atoms with Gasteiger partial charge in [0, 0.05) is 11.8 Å². The normalized spacial score (nSPS) is 10.5. The third kappa shape index (κ3) is 1.57. The van der Waals surface area contributed by atoms with Crippen LogP contribution < -0.4 is 0 Å². The molecule has 1 aromatic heterocycles. The highest BCUT2D eigenvalue weighted by Crippen LogP contribution is 2.23. The zero-order chi connectivity index (χ0) is 10.8. The van der Waals surface area contributed by atoms with E-state index in [9.17, 15) is 0 Å². The minimum absolute atomic E-state index is 1.04. The Bertz CT molecular complexity index is 614. The Labute approximate surface area is 94.4 Å². The molecule has 0 saturated carbocycles. The van der Waals surface area contributed by atoms with Crippen LogP contribution in [0.3, 0.4) is 0 Å². The first-order valence-corrected chi connectivity index (χ1v) is 5.25. The van der Waals surface area contributed by atoms with Gasteiger partial charge in [-0.05, 0) is 28.5 Å². The lowest BCUT2D eigenvalue weighted by molar-refractivity contribution is 1.31. The molecule has 1 radical (unpaired) electrons. The number of hydrogen-bond donors (Lipinski definition) is 0. The maximum Gasteiger partial charge on any atom is 0.0970 e. The van der Waals surface area contributed by atoms with Crippen molar-refractivity contribution in [2.45, 2.75) is 0 Å². The molecule has 0 aliphatic carbocycles. The van der Waals surface area contributed by atoms with Crippen LogP contribution in [-0.4, -0.2) is 4.98 Å². The number of nitrogens with zero attached hydrogens (tertiary/aromatic N) is 1. The van der Waals surface area contributed by atoms with Gasteiger partial charge in [0.25, 0.3) is 0 Å². The van der Waals surface area contributed by atoms with Gasteiger partial charge in [0.15, 0.2) is 0 Å². The van der Waals surface area contributed by atoms with Crippen LogP contribution in [0.15, 0.2) is 60.8 Å². The van der Waals surface area contributed by atoms with Gasteiger partial charge >= 0.3 is 0 Å². The van der Waals surface area contributed by atoms with Gasteiger partial charge in [-0.3, -0.25) is 4.98 Å². The Kier molecular flexibility index (Phi) is 2.15. The fraction of sp³-hybridized carbons (Fsp3) is 0. The average molecular weight is 204 g/mol. The third-order valence-electron chi connectivity index (χ3n) is 2.67. The predicted octanol–water partition coefficient (Wildman–Crippen LogP) is 3.70. The average Bonchev–Trinajstić information content (AvgIpc) is 2.39. The first-order valence-electron chi connectivity index (χ1n) is 5.25. The molecule has 0 spiro atoms. The lowest BCUT2D eigenvalue weighted by Gasteiger charge is -2.02. The fourth-order valence-electron chi connectivity index (χ4n) is 1.84. The standard InChI is InChI=1S/C15H10N/c1-2-5-13-10-14(8-7-12(13)4-1)15-6-3-9-16-11-15/h1-10H. The van der Waals surface area contributed by atoms with Crippen molar-refractivity contribution in [3.63, 3.8) is 0 Å². The molecule has 0 unspecified atom stereocenters. The van der Waals surface area contributed by atoms with E-state index in [0.717, 1.165) is 11.1 Å². The molecular formula is C15H10N. The molecule has 3 aromatic rings. The highest BCUT2D eigenvalue weighted by atomic mass is 14.6. The summed E-state index contributed by atoms with van der Waals surface area (Å²) in [4.78, 5) is 4.02. The smallest absolute Gasteiger partial charge is 0.0970 e. The second-order valence-corrected chi connectivity index (χ2v) is 3.72. The molecule has 75 valence electrons. The summed E-state index contributed by atoms with van der Waals surface area (Å²) in [5, 5.41) is 2.51. The van der Waals surface area contributed by atoms with E-state index >= 15 is 0 Å². The summed E-state index contributed by atoms with van der Waals surface area (Å²) >= 11 is 0. The molecule has 0 amide bonds. The predicted molar refractivity (Wildman–Crippen MR) is 66.0 cm³/mol. The monoisotopic (exact) mass is 204 g/mol. The van der Waals surface area contributed by atoms with Crippen LogP contribution >= 0.6 is 0 Å². The lowest BCUT2D eigenvalue weighted by Crippen LogP contribution is -1.80. The number of benzene rings is 2. The van der Waals surface area contributed by atoms with E-state index < -0.39 is 0 Å². The summed E-state index contributed by atoms with van der Waals surface area (Å²) in [6.45, 7) is 0. The topological polar surface area (TPSA) is 12.9 Å². The molecule has 0 N–H and O–H groups in total. The molecule has 2 aromatic carbocycles. The summed E-state index contributed by atoms with van der Waals surface area (Å²) < 4.78 is 0. The SMILES string of the molecule is [c]1ncccc1-c1ccc2ccccc2c1. The molecular weight excluding hydrogens is 194 g/mol. The van der Waals surface area contributed by atoms with E-state index in [2.05, 4.69) is 53.6 Å². The van der Waals surface area contributed by atoms with Crippen molar-refractivity contribution < 1.29 is 0 Å². The molecule has 3 rings (SSSR count). The maximum absolute atomic E-state index is 4.02. The van der Waals surface area contributed by atoms with E-state index in [1.54, 1.807) is 6.20 Å². The number of aromatic nitrogens is 1. The van der Waals surface area contributed by atoms with Crippen LogP contribution in [-0.2, 0) is 0 Å². The number of hydrogen-bond acceptors (Lipinski definition) is 1. The Morgan fingerprint density at radius 1 is 0.812 bits per heavy atom. The van der Waals surface area contributed by atoms with Crippen LogP contribution in [0.25, 0.3) is 21.9 Å². The molecule has 16 heavy (non-hydrogen) atoms. The molecule has 0 aliphatic rings. The zero-order valence-electron chi connectivity index (χ0n) is 8.72. The van der Waals surface area contributed by atoms with Crippen molar-refractivity contribution in [1.29, 1.82) is 0 Å². The van der Waals surface area contributed by atoms with Crippen molar-refractivity contribution in [3.8, 4) is 11.1 Å². The molecule has 0 atom stereocenters. The number of pyridine rings is 1.